The Kier molecular flexibility index (Phi) is 3.04. The van der Waals surface area contributed by atoms with Gasteiger partial charge in [0, 0.05) is 5.69 Å². The summed E-state index contributed by atoms with van der Waals surface area (Å²) in [6.45, 7) is 2.03. The van der Waals surface area contributed by atoms with Gasteiger partial charge in [-0.15, -0.1) is 0 Å². The molecule has 4 nitrogen and oxygen atoms in total. The molecule has 1 aromatic carbocycles. The number of nitrogens with one attached hydrogen (secondary N) is 1. The average Bonchev–Trinajstić information content (AvgIpc) is 2.34. The number of nitrogens with zero attached hydrogens (tertiary/aromatic N) is 2. The van der Waals surface area contributed by atoms with Crippen LogP contribution in [-0.2, 0) is 4.79 Å². The minimum atomic E-state index is -0.887. The quantitative estimate of drug-likeness (QED) is 0.861. The van der Waals surface area contributed by atoms with Gasteiger partial charge in [-0.05, 0) is 37.0 Å². The van der Waals surface area contributed by atoms with Gasteiger partial charge in [-0.1, -0.05) is 13.0 Å². The van der Waals surface area contributed by atoms with Gasteiger partial charge < -0.3 is 5.32 Å². The molecule has 0 radical (unpaired) electrons. The molecule has 1 saturated carbocycles. The molecule has 1 fully saturated rings. The summed E-state index contributed by atoms with van der Waals surface area (Å²) in [6.07, 6.45) is 1.21. The molecule has 0 saturated heterocycles. The molecule has 0 bridgehead atoms. The molecule has 1 amide bonds. The molecule has 90 valence electrons. The van der Waals surface area contributed by atoms with Gasteiger partial charge in [0.2, 0.25) is 5.91 Å². The SMILES string of the molecule is CC1CC(C#N)(C(=O)Nc2cccc(C#N)c2)C1. The third kappa shape index (κ3) is 2.06. The lowest BCUT2D eigenvalue weighted by Gasteiger charge is -2.39. The van der Waals surface area contributed by atoms with Crippen LogP contribution in [0.1, 0.15) is 25.3 Å². The fourth-order valence-electron chi connectivity index (χ4n) is 2.37. The van der Waals surface area contributed by atoms with Crippen molar-refractivity contribution in [3.63, 3.8) is 0 Å². The maximum Gasteiger partial charge on any atom is 0.244 e. The Bertz CT molecular complexity index is 559. The van der Waals surface area contributed by atoms with Crippen LogP contribution in [0.3, 0.4) is 0 Å². The number of anilines is 1. The maximum atomic E-state index is 12.1. The minimum Gasteiger partial charge on any atom is -0.325 e. The molecule has 0 unspecified atom stereocenters. The number of carbonyl (C=O) groups is 1. The fourth-order valence-corrected chi connectivity index (χ4v) is 2.37. The first-order valence-electron chi connectivity index (χ1n) is 5.82. The second kappa shape index (κ2) is 4.50. The second-order valence-electron chi connectivity index (χ2n) is 4.85. The number of amides is 1. The first-order valence-corrected chi connectivity index (χ1v) is 5.82. The zero-order valence-electron chi connectivity index (χ0n) is 10.1. The normalized spacial score (nSPS) is 25.4. The van der Waals surface area contributed by atoms with E-state index in [2.05, 4.69) is 11.4 Å². The monoisotopic (exact) mass is 239 g/mol. The van der Waals surface area contributed by atoms with E-state index in [-0.39, 0.29) is 5.91 Å². The van der Waals surface area contributed by atoms with Crippen molar-refractivity contribution in [3.05, 3.63) is 29.8 Å². The summed E-state index contributed by atoms with van der Waals surface area (Å²) in [5, 5.41) is 20.6. The molecule has 4 heteroatoms. The van der Waals surface area contributed by atoms with Crippen molar-refractivity contribution in [2.75, 3.05) is 5.32 Å². The molecule has 18 heavy (non-hydrogen) atoms. The topological polar surface area (TPSA) is 76.7 Å². The molecule has 1 aliphatic rings. The number of hydrogen-bond acceptors (Lipinski definition) is 3. The Morgan fingerprint density at radius 3 is 2.72 bits per heavy atom. The lowest BCUT2D eigenvalue weighted by Crippen LogP contribution is -2.45. The van der Waals surface area contributed by atoms with E-state index in [1.54, 1.807) is 24.3 Å². The number of rotatable bonds is 2. The summed E-state index contributed by atoms with van der Waals surface area (Å²) in [5.74, 6) is 0.152. The van der Waals surface area contributed by atoms with Gasteiger partial charge in [0.1, 0.15) is 5.41 Å². The summed E-state index contributed by atoms with van der Waals surface area (Å²) >= 11 is 0. The van der Waals surface area contributed by atoms with Crippen molar-refractivity contribution in [1.29, 1.82) is 10.5 Å². The summed E-state index contributed by atoms with van der Waals surface area (Å²) in [4.78, 5) is 12.1. The van der Waals surface area contributed by atoms with Crippen LogP contribution in [0.4, 0.5) is 5.69 Å². The minimum absolute atomic E-state index is 0.266. The first kappa shape index (κ1) is 12.1. The number of hydrogen-bond donors (Lipinski definition) is 1. The van der Waals surface area contributed by atoms with E-state index in [1.807, 2.05) is 13.0 Å². The van der Waals surface area contributed by atoms with Gasteiger partial charge in [0.05, 0.1) is 17.7 Å². The van der Waals surface area contributed by atoms with Crippen molar-refractivity contribution in [2.45, 2.75) is 19.8 Å². The number of carbonyl (C=O) groups excluding carboxylic acids is 1. The van der Waals surface area contributed by atoms with Gasteiger partial charge in [-0.25, -0.2) is 0 Å². The zero-order valence-corrected chi connectivity index (χ0v) is 10.1. The lowest BCUT2D eigenvalue weighted by molar-refractivity contribution is -0.128. The van der Waals surface area contributed by atoms with E-state index in [4.69, 9.17) is 10.5 Å². The summed E-state index contributed by atoms with van der Waals surface area (Å²) in [6, 6.07) is 10.8. The van der Waals surface area contributed by atoms with Crippen molar-refractivity contribution in [2.24, 2.45) is 11.3 Å². The summed E-state index contributed by atoms with van der Waals surface area (Å²) < 4.78 is 0. The molecule has 1 aliphatic carbocycles. The fraction of sp³-hybridized carbons (Fsp3) is 0.357. The van der Waals surface area contributed by atoms with Gasteiger partial charge in [0.15, 0.2) is 0 Å². The van der Waals surface area contributed by atoms with Gasteiger partial charge in [-0.2, -0.15) is 10.5 Å². The van der Waals surface area contributed by atoms with E-state index in [9.17, 15) is 4.79 Å². The van der Waals surface area contributed by atoms with Crippen molar-refractivity contribution >= 4 is 11.6 Å². The molecule has 0 spiro atoms. The zero-order chi connectivity index (χ0) is 13.2. The molecule has 0 aliphatic heterocycles. The van der Waals surface area contributed by atoms with Crippen LogP contribution in [0.5, 0.6) is 0 Å². The highest BCUT2D eigenvalue weighted by atomic mass is 16.2. The van der Waals surface area contributed by atoms with E-state index in [0.717, 1.165) is 0 Å². The third-order valence-electron chi connectivity index (χ3n) is 3.29. The molecular weight excluding hydrogens is 226 g/mol. The smallest absolute Gasteiger partial charge is 0.244 e. The molecule has 0 aromatic heterocycles. The van der Waals surface area contributed by atoms with E-state index in [1.165, 1.54) is 0 Å². The molecule has 0 heterocycles. The highest BCUT2D eigenvalue weighted by molar-refractivity contribution is 5.98. The Morgan fingerprint density at radius 1 is 1.44 bits per heavy atom. The Labute approximate surface area is 106 Å². The lowest BCUT2D eigenvalue weighted by atomic mass is 9.63. The van der Waals surface area contributed by atoms with Crippen LogP contribution in [0, 0.1) is 34.0 Å². The predicted octanol–water partition coefficient (Wildman–Crippen LogP) is 2.44. The standard InChI is InChI=1S/C14H13N3O/c1-10-6-14(7-10,9-16)13(18)17-12-4-2-3-11(5-12)8-15/h2-5,10H,6-7H2,1H3,(H,17,18). The molecular formula is C14H13N3O. The number of benzene rings is 1. The highest BCUT2D eigenvalue weighted by Gasteiger charge is 2.48. The van der Waals surface area contributed by atoms with Crippen molar-refractivity contribution < 1.29 is 4.79 Å². The average molecular weight is 239 g/mol. The van der Waals surface area contributed by atoms with E-state index < -0.39 is 5.41 Å². The predicted molar refractivity (Wildman–Crippen MR) is 66.2 cm³/mol. The summed E-state index contributed by atoms with van der Waals surface area (Å²) in [5.41, 5.74) is 0.163. The largest absolute Gasteiger partial charge is 0.325 e. The van der Waals surface area contributed by atoms with Crippen LogP contribution in [0.2, 0.25) is 0 Å². The molecule has 0 atom stereocenters. The van der Waals surface area contributed by atoms with Crippen LogP contribution in [0.15, 0.2) is 24.3 Å². The van der Waals surface area contributed by atoms with E-state index in [0.29, 0.717) is 30.0 Å². The van der Waals surface area contributed by atoms with E-state index >= 15 is 0 Å². The van der Waals surface area contributed by atoms with Crippen LogP contribution >= 0.6 is 0 Å². The van der Waals surface area contributed by atoms with Crippen molar-refractivity contribution in [3.8, 4) is 12.1 Å². The van der Waals surface area contributed by atoms with Gasteiger partial charge in [-0.3, -0.25) is 4.79 Å². The van der Waals surface area contributed by atoms with Crippen LogP contribution in [-0.4, -0.2) is 5.91 Å². The second-order valence-corrected chi connectivity index (χ2v) is 4.85. The molecule has 1 aromatic rings. The number of nitriles is 2. The Morgan fingerprint density at radius 2 is 2.17 bits per heavy atom. The molecule has 2 rings (SSSR count). The van der Waals surface area contributed by atoms with Crippen LogP contribution < -0.4 is 5.32 Å². The highest BCUT2D eigenvalue weighted by Crippen LogP contribution is 2.45. The first-order chi connectivity index (χ1) is 8.59. The van der Waals surface area contributed by atoms with Crippen LogP contribution in [0.25, 0.3) is 0 Å². The maximum absolute atomic E-state index is 12.1. The van der Waals surface area contributed by atoms with Crippen molar-refractivity contribution in [1.82, 2.24) is 0 Å². The van der Waals surface area contributed by atoms with Gasteiger partial charge in [0.25, 0.3) is 0 Å². The third-order valence-corrected chi connectivity index (χ3v) is 3.29. The summed E-state index contributed by atoms with van der Waals surface area (Å²) in [7, 11) is 0. The van der Waals surface area contributed by atoms with Gasteiger partial charge >= 0.3 is 0 Å². The Balaban J connectivity index is 2.12. The molecule has 1 N–H and O–H groups in total. The Hall–Kier alpha value is -2.33.